The molecule has 4 rings (SSSR count). The van der Waals surface area contributed by atoms with Gasteiger partial charge in [0.15, 0.2) is 0 Å². The molecule has 1 spiro atoms. The van der Waals surface area contributed by atoms with Crippen LogP contribution in [0.1, 0.15) is 30.4 Å². The Labute approximate surface area is 179 Å². The van der Waals surface area contributed by atoms with Crippen LogP contribution in [0, 0.1) is 5.82 Å². The molecule has 4 nitrogen and oxygen atoms in total. The van der Waals surface area contributed by atoms with E-state index < -0.39 is 23.6 Å². The maximum absolute atomic E-state index is 13.7. The van der Waals surface area contributed by atoms with E-state index >= 15 is 0 Å². The highest BCUT2D eigenvalue weighted by atomic mass is 79.9. The van der Waals surface area contributed by atoms with Gasteiger partial charge in [-0.1, -0.05) is 12.1 Å². The van der Waals surface area contributed by atoms with Crippen LogP contribution < -0.4 is 10.1 Å². The standard InChI is InChI=1S/C21H19BrF4N2O2/c22-16-3-1-2-13-6-7-20(30-18(13)16)8-10-28(11-9-20)19(29)27-14-4-5-15(17(23)12-14)21(24,25)26/h1-5,12H,6-11H2,(H,27,29). The lowest BCUT2D eigenvalue weighted by molar-refractivity contribution is -0.139. The summed E-state index contributed by atoms with van der Waals surface area (Å²) in [7, 11) is 0. The number of halogens is 5. The summed E-state index contributed by atoms with van der Waals surface area (Å²) in [5.41, 5.74) is -0.563. The molecule has 1 saturated heterocycles. The number of nitrogens with zero attached hydrogens (tertiary/aromatic N) is 1. The average Bonchev–Trinajstić information content (AvgIpc) is 2.68. The van der Waals surface area contributed by atoms with E-state index in [-0.39, 0.29) is 11.3 Å². The highest BCUT2D eigenvalue weighted by Gasteiger charge is 2.41. The molecule has 0 bridgehead atoms. The van der Waals surface area contributed by atoms with Gasteiger partial charge >= 0.3 is 12.2 Å². The molecule has 0 aliphatic carbocycles. The number of aryl methyl sites for hydroxylation is 1. The smallest absolute Gasteiger partial charge is 0.419 e. The van der Waals surface area contributed by atoms with E-state index in [0.717, 1.165) is 34.7 Å². The van der Waals surface area contributed by atoms with Gasteiger partial charge < -0.3 is 15.0 Å². The quantitative estimate of drug-likeness (QED) is 0.502. The summed E-state index contributed by atoms with van der Waals surface area (Å²) in [5, 5.41) is 2.48. The second-order valence-electron chi connectivity index (χ2n) is 7.62. The molecule has 2 heterocycles. The maximum atomic E-state index is 13.7. The van der Waals surface area contributed by atoms with Crippen LogP contribution in [-0.4, -0.2) is 29.6 Å². The van der Waals surface area contributed by atoms with E-state index in [0.29, 0.717) is 38.1 Å². The lowest BCUT2D eigenvalue weighted by atomic mass is 9.83. The number of urea groups is 1. The number of nitrogens with one attached hydrogen (secondary N) is 1. The molecule has 0 aromatic heterocycles. The molecule has 160 valence electrons. The first kappa shape index (κ1) is 21.0. The summed E-state index contributed by atoms with van der Waals surface area (Å²) < 4.78 is 59.0. The summed E-state index contributed by atoms with van der Waals surface area (Å²) >= 11 is 3.53. The van der Waals surface area contributed by atoms with Crippen molar-refractivity contribution in [3.05, 3.63) is 57.8 Å². The fourth-order valence-electron chi connectivity index (χ4n) is 3.99. The van der Waals surface area contributed by atoms with Gasteiger partial charge in [0.25, 0.3) is 0 Å². The number of amides is 2. The van der Waals surface area contributed by atoms with Crippen molar-refractivity contribution >= 4 is 27.6 Å². The second kappa shape index (κ2) is 7.76. The maximum Gasteiger partial charge on any atom is 0.419 e. The zero-order chi connectivity index (χ0) is 21.5. The van der Waals surface area contributed by atoms with Crippen LogP contribution in [0.2, 0.25) is 0 Å². The molecular weight excluding hydrogens is 468 g/mol. The fraction of sp³-hybridized carbons (Fsp3) is 0.381. The van der Waals surface area contributed by atoms with Gasteiger partial charge in [0.05, 0.1) is 10.0 Å². The zero-order valence-corrected chi connectivity index (χ0v) is 17.4. The Bertz CT molecular complexity index is 972. The number of ether oxygens (including phenoxy) is 1. The number of carbonyl (C=O) groups is 1. The van der Waals surface area contributed by atoms with Crippen LogP contribution in [0.3, 0.4) is 0 Å². The minimum atomic E-state index is -4.78. The number of anilines is 1. The SMILES string of the molecule is O=C(Nc1ccc(C(F)(F)F)c(F)c1)N1CCC2(CCc3cccc(Br)c3O2)CC1. The van der Waals surface area contributed by atoms with E-state index in [1.54, 1.807) is 4.90 Å². The Balaban J connectivity index is 1.38. The number of hydrogen-bond donors (Lipinski definition) is 1. The van der Waals surface area contributed by atoms with Gasteiger partial charge in [0.1, 0.15) is 17.2 Å². The van der Waals surface area contributed by atoms with Crippen molar-refractivity contribution in [1.29, 1.82) is 0 Å². The number of piperidine rings is 1. The predicted octanol–water partition coefficient (Wildman–Crippen LogP) is 6.00. The van der Waals surface area contributed by atoms with Gasteiger partial charge in [-0.05, 0) is 58.6 Å². The molecule has 2 aliphatic heterocycles. The summed E-state index contributed by atoms with van der Waals surface area (Å²) in [5.74, 6) is -0.570. The Morgan fingerprint density at radius 3 is 2.53 bits per heavy atom. The Morgan fingerprint density at radius 1 is 1.13 bits per heavy atom. The number of fused-ring (bicyclic) bond motifs is 1. The van der Waals surface area contributed by atoms with Crippen molar-refractivity contribution in [2.75, 3.05) is 18.4 Å². The van der Waals surface area contributed by atoms with Crippen LogP contribution in [0.15, 0.2) is 40.9 Å². The lowest BCUT2D eigenvalue weighted by Gasteiger charge is -2.44. The van der Waals surface area contributed by atoms with Crippen LogP contribution in [0.4, 0.5) is 28.0 Å². The van der Waals surface area contributed by atoms with E-state index in [4.69, 9.17) is 4.74 Å². The molecule has 1 fully saturated rings. The highest BCUT2D eigenvalue weighted by Crippen LogP contribution is 2.42. The summed E-state index contributed by atoms with van der Waals surface area (Å²) in [6.07, 6.45) is -1.74. The Hall–Kier alpha value is -2.29. The van der Waals surface area contributed by atoms with E-state index in [2.05, 4.69) is 21.2 Å². The molecule has 2 aromatic rings. The van der Waals surface area contributed by atoms with Gasteiger partial charge in [0.2, 0.25) is 0 Å². The third kappa shape index (κ3) is 4.12. The van der Waals surface area contributed by atoms with Crippen LogP contribution in [-0.2, 0) is 12.6 Å². The summed E-state index contributed by atoms with van der Waals surface area (Å²) in [6.45, 7) is 0.878. The molecule has 0 saturated carbocycles. The molecule has 1 N–H and O–H groups in total. The number of carbonyl (C=O) groups excluding carboxylic acids is 1. The van der Waals surface area contributed by atoms with Crippen molar-refractivity contribution in [3.8, 4) is 5.75 Å². The van der Waals surface area contributed by atoms with E-state index in [1.807, 2.05) is 18.2 Å². The van der Waals surface area contributed by atoms with Crippen molar-refractivity contribution in [2.45, 2.75) is 37.5 Å². The van der Waals surface area contributed by atoms with Gasteiger partial charge in [0, 0.05) is 31.6 Å². The first-order chi connectivity index (χ1) is 14.2. The first-order valence-electron chi connectivity index (χ1n) is 9.56. The molecule has 2 aromatic carbocycles. The second-order valence-corrected chi connectivity index (χ2v) is 8.48. The predicted molar refractivity (Wildman–Crippen MR) is 107 cm³/mol. The minimum Gasteiger partial charge on any atom is -0.486 e. The fourth-order valence-corrected chi connectivity index (χ4v) is 4.48. The normalized spacial score (nSPS) is 18.0. The molecule has 9 heteroatoms. The van der Waals surface area contributed by atoms with Gasteiger partial charge in [-0.25, -0.2) is 9.18 Å². The van der Waals surface area contributed by atoms with Crippen molar-refractivity contribution in [3.63, 3.8) is 0 Å². The molecule has 0 unspecified atom stereocenters. The van der Waals surface area contributed by atoms with E-state index in [9.17, 15) is 22.4 Å². The lowest BCUT2D eigenvalue weighted by Crippen LogP contribution is -2.52. The minimum absolute atomic E-state index is 0.0161. The molecule has 2 aliphatic rings. The van der Waals surface area contributed by atoms with Gasteiger partial charge in [-0.2, -0.15) is 13.2 Å². The molecule has 30 heavy (non-hydrogen) atoms. The Kier molecular flexibility index (Phi) is 5.42. The monoisotopic (exact) mass is 486 g/mol. The Morgan fingerprint density at radius 2 is 1.87 bits per heavy atom. The number of alkyl halides is 3. The average molecular weight is 487 g/mol. The number of likely N-dealkylation sites (tertiary alicyclic amines) is 1. The first-order valence-corrected chi connectivity index (χ1v) is 10.4. The van der Waals surface area contributed by atoms with Crippen LogP contribution in [0.5, 0.6) is 5.75 Å². The van der Waals surface area contributed by atoms with Crippen LogP contribution >= 0.6 is 15.9 Å². The summed E-state index contributed by atoms with van der Waals surface area (Å²) in [6, 6.07) is 7.84. The van der Waals surface area contributed by atoms with Gasteiger partial charge in [-0.3, -0.25) is 0 Å². The number of para-hydroxylation sites is 1. The van der Waals surface area contributed by atoms with E-state index in [1.165, 1.54) is 0 Å². The summed E-state index contributed by atoms with van der Waals surface area (Å²) in [4.78, 5) is 14.1. The molecular formula is C21H19BrF4N2O2. The zero-order valence-electron chi connectivity index (χ0n) is 15.9. The molecule has 0 atom stereocenters. The van der Waals surface area contributed by atoms with Crippen molar-refractivity contribution < 1.29 is 27.1 Å². The topological polar surface area (TPSA) is 41.6 Å². The largest absolute Gasteiger partial charge is 0.486 e. The van der Waals surface area contributed by atoms with Gasteiger partial charge in [-0.15, -0.1) is 0 Å². The number of hydrogen-bond acceptors (Lipinski definition) is 2. The number of benzene rings is 2. The molecule has 0 radical (unpaired) electrons. The van der Waals surface area contributed by atoms with Crippen molar-refractivity contribution in [1.82, 2.24) is 4.90 Å². The van der Waals surface area contributed by atoms with Crippen molar-refractivity contribution in [2.24, 2.45) is 0 Å². The van der Waals surface area contributed by atoms with Crippen LogP contribution in [0.25, 0.3) is 0 Å². The highest BCUT2D eigenvalue weighted by molar-refractivity contribution is 9.10. The third-order valence-corrected chi connectivity index (χ3v) is 6.33. The third-order valence-electron chi connectivity index (χ3n) is 5.70. The number of rotatable bonds is 1. The molecule has 2 amide bonds.